The Morgan fingerprint density at radius 1 is 1.03 bits per heavy atom. The second-order valence-corrected chi connectivity index (χ2v) is 7.65. The van der Waals surface area contributed by atoms with E-state index in [4.69, 9.17) is 9.15 Å². The number of furan rings is 1. The van der Waals surface area contributed by atoms with Crippen LogP contribution in [-0.2, 0) is 11.2 Å². The number of rotatable bonds is 8. The maximum Gasteiger partial charge on any atom is 0.244 e. The van der Waals surface area contributed by atoms with E-state index in [-0.39, 0.29) is 5.91 Å². The average Bonchev–Trinajstić information content (AvgIpc) is 3.23. The zero-order chi connectivity index (χ0) is 22.3. The van der Waals surface area contributed by atoms with Gasteiger partial charge in [-0.25, -0.2) is 0 Å². The van der Waals surface area contributed by atoms with E-state index in [2.05, 4.69) is 35.6 Å². The molecule has 1 aromatic heterocycles. The molecular weight excluding hydrogens is 398 g/mol. The third kappa shape index (κ3) is 4.92. The number of carbonyl (C=O) groups excluding carboxylic acids is 1. The van der Waals surface area contributed by atoms with Crippen LogP contribution < -0.4 is 10.1 Å². The minimum Gasteiger partial charge on any atom is -0.493 e. The van der Waals surface area contributed by atoms with Gasteiger partial charge in [0.1, 0.15) is 11.3 Å². The first-order valence-electron chi connectivity index (χ1n) is 10.9. The van der Waals surface area contributed by atoms with Gasteiger partial charge in [-0.1, -0.05) is 60.7 Å². The Balaban J connectivity index is 1.59. The van der Waals surface area contributed by atoms with E-state index in [9.17, 15) is 4.79 Å². The average molecular weight is 426 g/mol. The van der Waals surface area contributed by atoms with E-state index in [1.807, 2.05) is 56.3 Å². The van der Waals surface area contributed by atoms with Gasteiger partial charge in [0.05, 0.1) is 12.9 Å². The molecule has 0 spiro atoms. The van der Waals surface area contributed by atoms with Gasteiger partial charge in [-0.15, -0.1) is 0 Å². The Bertz CT molecular complexity index is 1220. The lowest BCUT2D eigenvalue weighted by molar-refractivity contribution is -0.116. The van der Waals surface area contributed by atoms with Crippen molar-refractivity contribution in [2.24, 2.45) is 0 Å². The molecule has 0 saturated heterocycles. The second-order valence-electron chi connectivity index (χ2n) is 7.65. The third-order valence-corrected chi connectivity index (χ3v) is 5.39. The van der Waals surface area contributed by atoms with E-state index in [1.165, 1.54) is 5.56 Å². The summed E-state index contributed by atoms with van der Waals surface area (Å²) in [6.45, 7) is 4.99. The van der Waals surface area contributed by atoms with Crippen LogP contribution in [0.1, 0.15) is 25.0 Å². The Morgan fingerprint density at radius 2 is 1.75 bits per heavy atom. The van der Waals surface area contributed by atoms with Crippen LogP contribution in [0.5, 0.6) is 5.75 Å². The molecule has 4 rings (SSSR count). The van der Waals surface area contributed by atoms with Crippen molar-refractivity contribution in [3.05, 3.63) is 96.3 Å². The van der Waals surface area contributed by atoms with Crippen LogP contribution in [0.3, 0.4) is 0 Å². The van der Waals surface area contributed by atoms with Gasteiger partial charge in [-0.3, -0.25) is 4.79 Å². The van der Waals surface area contributed by atoms with Crippen molar-refractivity contribution in [3.8, 4) is 16.9 Å². The fourth-order valence-corrected chi connectivity index (χ4v) is 3.78. The summed E-state index contributed by atoms with van der Waals surface area (Å²) in [6, 6.07) is 24.2. The summed E-state index contributed by atoms with van der Waals surface area (Å²) in [5.74, 6) is 0.594. The molecule has 4 nitrogen and oxygen atoms in total. The molecule has 4 aromatic rings. The molecule has 1 heterocycles. The topological polar surface area (TPSA) is 51.5 Å². The van der Waals surface area contributed by atoms with Gasteiger partial charge < -0.3 is 14.5 Å². The molecule has 0 bridgehead atoms. The van der Waals surface area contributed by atoms with E-state index < -0.39 is 0 Å². The quantitative estimate of drug-likeness (QED) is 0.339. The molecular formula is C28H27NO3. The third-order valence-electron chi connectivity index (χ3n) is 5.39. The molecule has 3 aromatic carbocycles. The standard InChI is InChI=1S/C28H27NO3/c1-3-31-26-18-27-24(25(19-32-27)22-12-8-5-9-13-22)17-23(26)20(2)16-28(30)29-15-14-21-10-6-4-7-11-21/h4-13,16-19H,3,14-15H2,1-2H3,(H,29,30)/b20-16+. The molecule has 162 valence electrons. The van der Waals surface area contributed by atoms with Gasteiger partial charge in [0.2, 0.25) is 5.91 Å². The smallest absolute Gasteiger partial charge is 0.244 e. The largest absolute Gasteiger partial charge is 0.493 e. The molecule has 0 saturated carbocycles. The Hall–Kier alpha value is -3.79. The molecule has 0 unspecified atom stereocenters. The highest BCUT2D eigenvalue weighted by Gasteiger charge is 2.15. The maximum atomic E-state index is 12.5. The van der Waals surface area contributed by atoms with Crippen molar-refractivity contribution < 1.29 is 13.9 Å². The van der Waals surface area contributed by atoms with E-state index in [1.54, 1.807) is 12.3 Å². The van der Waals surface area contributed by atoms with Crippen molar-refractivity contribution in [1.29, 1.82) is 0 Å². The number of nitrogens with one attached hydrogen (secondary N) is 1. The molecule has 0 atom stereocenters. The zero-order valence-corrected chi connectivity index (χ0v) is 18.4. The van der Waals surface area contributed by atoms with Gasteiger partial charge in [0, 0.05) is 35.2 Å². The lowest BCUT2D eigenvalue weighted by Gasteiger charge is -2.12. The van der Waals surface area contributed by atoms with Gasteiger partial charge in [0.25, 0.3) is 0 Å². The van der Waals surface area contributed by atoms with Crippen molar-refractivity contribution in [2.75, 3.05) is 13.2 Å². The maximum absolute atomic E-state index is 12.5. The van der Waals surface area contributed by atoms with Gasteiger partial charge in [-0.05, 0) is 43.0 Å². The van der Waals surface area contributed by atoms with Crippen LogP contribution in [0.25, 0.3) is 27.7 Å². The highest BCUT2D eigenvalue weighted by molar-refractivity contribution is 6.00. The Morgan fingerprint density at radius 3 is 2.47 bits per heavy atom. The van der Waals surface area contributed by atoms with Crippen molar-refractivity contribution in [3.63, 3.8) is 0 Å². The van der Waals surface area contributed by atoms with Crippen LogP contribution in [-0.4, -0.2) is 19.1 Å². The summed E-state index contributed by atoms with van der Waals surface area (Å²) in [5.41, 5.74) is 5.79. The molecule has 0 fully saturated rings. The number of benzene rings is 3. The molecule has 1 N–H and O–H groups in total. The van der Waals surface area contributed by atoms with Crippen molar-refractivity contribution in [2.45, 2.75) is 20.3 Å². The Labute approximate surface area is 188 Å². The predicted octanol–water partition coefficient (Wildman–Crippen LogP) is 6.26. The number of amides is 1. The number of fused-ring (bicyclic) bond motifs is 1. The minimum absolute atomic E-state index is 0.114. The fourth-order valence-electron chi connectivity index (χ4n) is 3.78. The van der Waals surface area contributed by atoms with Gasteiger partial charge >= 0.3 is 0 Å². The number of hydrogen-bond acceptors (Lipinski definition) is 3. The van der Waals surface area contributed by atoms with Crippen LogP contribution >= 0.6 is 0 Å². The number of hydrogen-bond donors (Lipinski definition) is 1. The molecule has 1 amide bonds. The summed E-state index contributed by atoms with van der Waals surface area (Å²) in [7, 11) is 0. The minimum atomic E-state index is -0.114. The zero-order valence-electron chi connectivity index (χ0n) is 18.4. The summed E-state index contributed by atoms with van der Waals surface area (Å²) in [5, 5.41) is 3.97. The lowest BCUT2D eigenvalue weighted by atomic mass is 9.99. The summed E-state index contributed by atoms with van der Waals surface area (Å²) >= 11 is 0. The summed E-state index contributed by atoms with van der Waals surface area (Å²) in [6.07, 6.45) is 4.21. The van der Waals surface area contributed by atoms with E-state index in [0.29, 0.717) is 18.9 Å². The van der Waals surface area contributed by atoms with Crippen LogP contribution in [0.15, 0.2) is 89.6 Å². The molecule has 4 heteroatoms. The van der Waals surface area contributed by atoms with E-state index in [0.717, 1.165) is 39.7 Å². The summed E-state index contributed by atoms with van der Waals surface area (Å²) < 4.78 is 11.7. The van der Waals surface area contributed by atoms with Gasteiger partial charge in [0.15, 0.2) is 0 Å². The molecule has 0 aliphatic heterocycles. The monoisotopic (exact) mass is 425 g/mol. The number of carbonyl (C=O) groups is 1. The normalized spacial score (nSPS) is 11.5. The van der Waals surface area contributed by atoms with Crippen molar-refractivity contribution >= 4 is 22.4 Å². The molecule has 32 heavy (non-hydrogen) atoms. The first-order valence-corrected chi connectivity index (χ1v) is 10.9. The highest BCUT2D eigenvalue weighted by Crippen LogP contribution is 2.37. The van der Waals surface area contributed by atoms with Crippen LogP contribution in [0.2, 0.25) is 0 Å². The van der Waals surface area contributed by atoms with E-state index >= 15 is 0 Å². The summed E-state index contributed by atoms with van der Waals surface area (Å²) in [4.78, 5) is 12.5. The first kappa shape index (κ1) is 21.4. The SMILES string of the molecule is CCOc1cc2occ(-c3ccccc3)c2cc1/C(C)=C/C(=O)NCCc1ccccc1. The molecule has 0 aliphatic carbocycles. The van der Waals surface area contributed by atoms with Gasteiger partial charge in [-0.2, -0.15) is 0 Å². The lowest BCUT2D eigenvalue weighted by Crippen LogP contribution is -2.23. The molecule has 0 aliphatic rings. The molecule has 0 radical (unpaired) electrons. The first-order chi connectivity index (χ1) is 15.7. The van der Waals surface area contributed by atoms with Crippen LogP contribution in [0, 0.1) is 0 Å². The fraction of sp³-hybridized carbons (Fsp3) is 0.179. The Kier molecular flexibility index (Phi) is 6.71. The number of ether oxygens (including phenoxy) is 1. The predicted molar refractivity (Wildman–Crippen MR) is 130 cm³/mol. The highest BCUT2D eigenvalue weighted by atomic mass is 16.5. The second kappa shape index (κ2) is 10.0. The van der Waals surface area contributed by atoms with Crippen molar-refractivity contribution in [1.82, 2.24) is 5.32 Å². The van der Waals surface area contributed by atoms with Crippen LogP contribution in [0.4, 0.5) is 0 Å². The number of allylic oxidation sites excluding steroid dienone is 1.